The number of hydrogen-bond donors (Lipinski definition) is 2. The van der Waals surface area contributed by atoms with Crippen molar-refractivity contribution < 1.29 is 17.9 Å². The van der Waals surface area contributed by atoms with Crippen molar-refractivity contribution in [2.24, 2.45) is 0 Å². The van der Waals surface area contributed by atoms with Gasteiger partial charge in [-0.15, -0.1) is 0 Å². The molecule has 1 amide bonds. The molecule has 11 heteroatoms. The van der Waals surface area contributed by atoms with Crippen LogP contribution < -0.4 is 14.8 Å². The predicted octanol–water partition coefficient (Wildman–Crippen LogP) is 6.36. The highest BCUT2D eigenvalue weighted by atomic mass is 35.5. The first kappa shape index (κ1) is 25.6. The number of benzene rings is 3. The third-order valence-corrected chi connectivity index (χ3v) is 7.36. The number of sulfonamides is 1. The van der Waals surface area contributed by atoms with Gasteiger partial charge in [0.05, 0.1) is 30.7 Å². The number of halogens is 4. The molecule has 0 spiro atoms. The Morgan fingerprint density at radius 3 is 2.24 bits per heavy atom. The Morgan fingerprint density at radius 2 is 1.58 bits per heavy atom. The Labute approximate surface area is 211 Å². The number of amides is 1. The van der Waals surface area contributed by atoms with Crippen molar-refractivity contribution in [3.8, 4) is 5.75 Å². The van der Waals surface area contributed by atoms with Gasteiger partial charge in [-0.05, 0) is 42.8 Å². The smallest absolute Gasteiger partial charge is 0.262 e. The van der Waals surface area contributed by atoms with E-state index in [-0.39, 0.29) is 36.4 Å². The molecule has 0 bridgehead atoms. The van der Waals surface area contributed by atoms with Gasteiger partial charge in [-0.1, -0.05) is 76.7 Å². The van der Waals surface area contributed by atoms with Crippen LogP contribution in [-0.4, -0.2) is 20.9 Å². The van der Waals surface area contributed by atoms with Crippen LogP contribution in [0, 0.1) is 0 Å². The Morgan fingerprint density at radius 1 is 0.909 bits per heavy atom. The molecule has 3 aromatic carbocycles. The number of hydrogen-bond acceptors (Lipinski definition) is 4. The Balaban J connectivity index is 1.64. The highest BCUT2D eigenvalue weighted by molar-refractivity contribution is 7.89. The summed E-state index contributed by atoms with van der Waals surface area (Å²) in [7, 11) is -3.84. The highest BCUT2D eigenvalue weighted by Gasteiger charge is 2.20. The molecule has 0 aliphatic rings. The molecule has 0 saturated heterocycles. The largest absolute Gasteiger partial charge is 0.482 e. The fraction of sp³-hybridized carbons (Fsp3) is 0.136. The maximum atomic E-state index is 12.7. The molecule has 6 nitrogen and oxygen atoms in total. The normalized spacial score (nSPS) is 12.3. The lowest BCUT2D eigenvalue weighted by Crippen LogP contribution is -2.27. The molecule has 0 fully saturated rings. The van der Waals surface area contributed by atoms with Crippen molar-refractivity contribution in [3.05, 3.63) is 86.3 Å². The van der Waals surface area contributed by atoms with Gasteiger partial charge < -0.3 is 10.1 Å². The van der Waals surface area contributed by atoms with Gasteiger partial charge in [0.15, 0.2) is 6.61 Å². The minimum absolute atomic E-state index is 0.0327. The van der Waals surface area contributed by atoms with Crippen molar-refractivity contribution >= 4 is 68.0 Å². The van der Waals surface area contributed by atoms with E-state index in [9.17, 15) is 13.2 Å². The average Bonchev–Trinajstić information content (AvgIpc) is 2.77. The van der Waals surface area contributed by atoms with Gasteiger partial charge in [0.1, 0.15) is 5.75 Å². The second-order valence-corrected chi connectivity index (χ2v) is 10.3. The lowest BCUT2D eigenvalue weighted by Gasteiger charge is -2.15. The van der Waals surface area contributed by atoms with Crippen LogP contribution in [0.15, 0.2) is 65.6 Å². The van der Waals surface area contributed by atoms with Crippen molar-refractivity contribution in [3.63, 3.8) is 0 Å². The molecule has 2 N–H and O–H groups in total. The Hall–Kier alpha value is -2.00. The van der Waals surface area contributed by atoms with E-state index in [1.807, 2.05) is 30.3 Å². The fourth-order valence-corrected chi connectivity index (χ4v) is 4.98. The van der Waals surface area contributed by atoms with Gasteiger partial charge in [-0.25, -0.2) is 13.1 Å². The van der Waals surface area contributed by atoms with Gasteiger partial charge in [0.2, 0.25) is 10.0 Å². The van der Waals surface area contributed by atoms with Crippen molar-refractivity contribution in [1.29, 1.82) is 0 Å². The lowest BCUT2D eigenvalue weighted by molar-refractivity contribution is -0.118. The van der Waals surface area contributed by atoms with Gasteiger partial charge in [-0.3, -0.25) is 4.79 Å². The van der Waals surface area contributed by atoms with Crippen LogP contribution in [0.2, 0.25) is 20.1 Å². The van der Waals surface area contributed by atoms with Crippen LogP contribution in [0.4, 0.5) is 5.69 Å². The van der Waals surface area contributed by atoms with E-state index in [0.717, 1.165) is 5.56 Å². The number of carbonyl (C=O) groups is 1. The summed E-state index contributed by atoms with van der Waals surface area (Å²) in [6, 6.07) is 15.5. The minimum Gasteiger partial charge on any atom is -0.482 e. The Bertz CT molecular complexity index is 1270. The zero-order valence-electron chi connectivity index (χ0n) is 17.1. The highest BCUT2D eigenvalue weighted by Crippen LogP contribution is 2.32. The van der Waals surface area contributed by atoms with E-state index in [2.05, 4.69) is 10.0 Å². The molecule has 3 rings (SSSR count). The summed E-state index contributed by atoms with van der Waals surface area (Å²) in [5.74, 6) is -0.386. The molecular formula is C22H18Cl4N2O4S. The first-order valence-corrected chi connectivity index (χ1v) is 12.5. The summed E-state index contributed by atoms with van der Waals surface area (Å²) >= 11 is 24.0. The summed E-state index contributed by atoms with van der Waals surface area (Å²) in [4.78, 5) is 12.2. The molecule has 33 heavy (non-hydrogen) atoms. The zero-order chi connectivity index (χ0) is 24.2. The van der Waals surface area contributed by atoms with Crippen LogP contribution in [0.5, 0.6) is 5.75 Å². The molecule has 0 radical (unpaired) electrons. The van der Waals surface area contributed by atoms with Gasteiger partial charge >= 0.3 is 0 Å². The molecule has 0 heterocycles. The van der Waals surface area contributed by atoms with Gasteiger partial charge in [0.25, 0.3) is 5.91 Å². The Kier molecular flexibility index (Phi) is 8.50. The van der Waals surface area contributed by atoms with Gasteiger partial charge in [0, 0.05) is 6.04 Å². The molecule has 1 atom stereocenters. The molecule has 3 aromatic rings. The summed E-state index contributed by atoms with van der Waals surface area (Å²) in [6.45, 7) is 1.34. The average molecular weight is 548 g/mol. The lowest BCUT2D eigenvalue weighted by atomic mass is 10.1. The van der Waals surface area contributed by atoms with E-state index < -0.39 is 28.6 Å². The van der Waals surface area contributed by atoms with Crippen molar-refractivity contribution in [2.45, 2.75) is 17.9 Å². The molecule has 174 valence electrons. The third kappa shape index (κ3) is 6.76. The van der Waals surface area contributed by atoms with Crippen LogP contribution in [0.3, 0.4) is 0 Å². The zero-order valence-corrected chi connectivity index (χ0v) is 21.0. The van der Waals surface area contributed by atoms with Crippen LogP contribution in [0.1, 0.15) is 18.5 Å². The second-order valence-electron chi connectivity index (χ2n) is 6.93. The number of anilines is 1. The van der Waals surface area contributed by atoms with E-state index >= 15 is 0 Å². The summed E-state index contributed by atoms with van der Waals surface area (Å²) in [5.41, 5.74) is 1.09. The standard InChI is InChI=1S/C22H18Cl4N2O4S/c1-13(14-5-3-2-4-6-14)28-33(30,31)15-7-8-21(19(26)9-15)32-12-22(29)27-20-11-17(24)16(23)10-18(20)25/h2-11,13,28H,12H2,1H3,(H,27,29)/t13-/m0/s1. The monoisotopic (exact) mass is 546 g/mol. The maximum absolute atomic E-state index is 12.7. The quantitative estimate of drug-likeness (QED) is 0.321. The van der Waals surface area contributed by atoms with Gasteiger partial charge in [-0.2, -0.15) is 0 Å². The van der Waals surface area contributed by atoms with E-state index in [4.69, 9.17) is 51.1 Å². The summed E-state index contributed by atoms with van der Waals surface area (Å²) in [5, 5.41) is 3.28. The fourth-order valence-electron chi connectivity index (χ4n) is 2.82. The van der Waals surface area contributed by atoms with Crippen LogP contribution in [0.25, 0.3) is 0 Å². The van der Waals surface area contributed by atoms with E-state index in [1.165, 1.54) is 30.3 Å². The number of rotatable bonds is 8. The van der Waals surface area contributed by atoms with Crippen molar-refractivity contribution in [1.82, 2.24) is 4.72 Å². The SMILES string of the molecule is C[C@H](NS(=O)(=O)c1ccc(OCC(=O)Nc2cc(Cl)c(Cl)cc2Cl)c(Cl)c1)c1ccccc1. The predicted molar refractivity (Wildman–Crippen MR) is 132 cm³/mol. The molecule has 0 aliphatic heterocycles. The maximum Gasteiger partial charge on any atom is 0.262 e. The molecule has 0 aliphatic carbocycles. The molecule has 0 saturated carbocycles. The second kappa shape index (κ2) is 11.0. The molecule has 0 unspecified atom stereocenters. The first-order valence-electron chi connectivity index (χ1n) is 9.51. The summed E-state index contributed by atoms with van der Waals surface area (Å²) in [6.07, 6.45) is 0. The summed E-state index contributed by atoms with van der Waals surface area (Å²) < 4.78 is 33.5. The third-order valence-electron chi connectivity index (χ3n) is 4.49. The van der Waals surface area contributed by atoms with Crippen LogP contribution in [-0.2, 0) is 14.8 Å². The minimum atomic E-state index is -3.84. The topological polar surface area (TPSA) is 84.5 Å². The van der Waals surface area contributed by atoms with Crippen LogP contribution >= 0.6 is 46.4 Å². The van der Waals surface area contributed by atoms with E-state index in [0.29, 0.717) is 0 Å². The van der Waals surface area contributed by atoms with Crippen molar-refractivity contribution in [2.75, 3.05) is 11.9 Å². The number of ether oxygens (including phenoxy) is 1. The van der Waals surface area contributed by atoms with E-state index in [1.54, 1.807) is 6.92 Å². The number of nitrogens with one attached hydrogen (secondary N) is 2. The number of carbonyl (C=O) groups excluding carboxylic acids is 1. The molecule has 0 aromatic heterocycles. The molecular weight excluding hydrogens is 530 g/mol. The first-order chi connectivity index (χ1) is 15.6.